The number of oxazole rings is 1. The summed E-state index contributed by atoms with van der Waals surface area (Å²) in [5.41, 5.74) is 3.97. The van der Waals surface area contributed by atoms with Crippen molar-refractivity contribution in [2.24, 2.45) is 0 Å². The average molecular weight is 358 g/mol. The third-order valence-electron chi connectivity index (χ3n) is 3.90. The van der Waals surface area contributed by atoms with Crippen LogP contribution in [-0.4, -0.2) is 15.0 Å². The molecule has 4 aromatic rings. The third-order valence-corrected chi connectivity index (χ3v) is 3.90. The molecular formula is C19H14N6O2. The Morgan fingerprint density at radius 3 is 2.85 bits per heavy atom. The minimum Gasteiger partial charge on any atom is -0.408 e. The van der Waals surface area contributed by atoms with E-state index in [2.05, 4.69) is 31.7 Å². The van der Waals surface area contributed by atoms with Crippen LogP contribution in [-0.2, 0) is 0 Å². The molecule has 0 amide bonds. The maximum Gasteiger partial charge on any atom is 0.417 e. The van der Waals surface area contributed by atoms with Gasteiger partial charge in [-0.2, -0.15) is 10.2 Å². The number of nitrogens with zero attached hydrogens (tertiary/aromatic N) is 3. The monoisotopic (exact) mass is 358 g/mol. The van der Waals surface area contributed by atoms with Crippen molar-refractivity contribution >= 4 is 34.2 Å². The summed E-state index contributed by atoms with van der Waals surface area (Å²) in [6.07, 6.45) is 1.70. The normalized spacial score (nSPS) is 10.5. The van der Waals surface area contributed by atoms with Crippen LogP contribution < -0.4 is 16.4 Å². The molecular weight excluding hydrogens is 344 g/mol. The highest BCUT2D eigenvalue weighted by atomic mass is 16.4. The van der Waals surface area contributed by atoms with Gasteiger partial charge in [-0.15, -0.1) is 0 Å². The zero-order chi connectivity index (χ0) is 18.8. The number of anilines is 4. The number of aromatic nitrogens is 3. The zero-order valence-corrected chi connectivity index (χ0v) is 14.3. The summed E-state index contributed by atoms with van der Waals surface area (Å²) in [4.78, 5) is 22.7. The number of aromatic amines is 1. The Labute approximate surface area is 153 Å². The van der Waals surface area contributed by atoms with Crippen LogP contribution >= 0.6 is 0 Å². The smallest absolute Gasteiger partial charge is 0.408 e. The number of hydrogen-bond donors (Lipinski definition) is 3. The van der Waals surface area contributed by atoms with Crippen LogP contribution in [0.5, 0.6) is 0 Å². The summed E-state index contributed by atoms with van der Waals surface area (Å²) < 4.78 is 5.00. The maximum atomic E-state index is 11.3. The van der Waals surface area contributed by atoms with Gasteiger partial charge in [-0.25, -0.2) is 9.78 Å². The molecule has 0 radical (unpaired) electrons. The molecule has 8 nitrogen and oxygen atoms in total. The Kier molecular flexibility index (Phi) is 4.03. The van der Waals surface area contributed by atoms with Crippen molar-refractivity contribution in [2.45, 2.75) is 6.92 Å². The van der Waals surface area contributed by atoms with E-state index >= 15 is 0 Å². The number of aryl methyl sites for hydroxylation is 1. The van der Waals surface area contributed by atoms with E-state index in [-0.39, 0.29) is 0 Å². The van der Waals surface area contributed by atoms with Crippen molar-refractivity contribution in [1.82, 2.24) is 15.0 Å². The molecule has 4 rings (SSSR count). The number of nitriles is 1. The van der Waals surface area contributed by atoms with Crippen LogP contribution in [0.25, 0.3) is 11.1 Å². The molecule has 2 aromatic heterocycles. The number of H-pyrrole nitrogens is 1. The van der Waals surface area contributed by atoms with Gasteiger partial charge in [-0.1, -0.05) is 6.07 Å². The van der Waals surface area contributed by atoms with Gasteiger partial charge in [0.2, 0.25) is 5.95 Å². The first kappa shape index (κ1) is 16.4. The quantitative estimate of drug-likeness (QED) is 0.510. The Morgan fingerprint density at radius 1 is 1.15 bits per heavy atom. The molecule has 0 saturated carbocycles. The van der Waals surface area contributed by atoms with E-state index in [0.29, 0.717) is 28.4 Å². The summed E-state index contributed by atoms with van der Waals surface area (Å²) in [5.74, 6) is 0.525. The highest BCUT2D eigenvalue weighted by molar-refractivity contribution is 5.78. The third kappa shape index (κ3) is 3.48. The molecule has 0 fully saturated rings. The Morgan fingerprint density at radius 2 is 2.00 bits per heavy atom. The van der Waals surface area contributed by atoms with Gasteiger partial charge in [0.1, 0.15) is 5.82 Å². The second-order valence-electron chi connectivity index (χ2n) is 5.89. The largest absolute Gasteiger partial charge is 0.417 e. The van der Waals surface area contributed by atoms with E-state index in [9.17, 15) is 4.79 Å². The molecule has 0 bridgehead atoms. The summed E-state index contributed by atoms with van der Waals surface area (Å²) in [7, 11) is 0. The van der Waals surface area contributed by atoms with Crippen LogP contribution in [0.2, 0.25) is 0 Å². The Hall–Kier alpha value is -4.12. The number of fused-ring (bicyclic) bond motifs is 1. The predicted octanol–water partition coefficient (Wildman–Crippen LogP) is 3.58. The molecule has 2 aromatic carbocycles. The van der Waals surface area contributed by atoms with Crippen LogP contribution in [0.3, 0.4) is 0 Å². The highest BCUT2D eigenvalue weighted by Crippen LogP contribution is 2.23. The first-order valence-electron chi connectivity index (χ1n) is 8.11. The van der Waals surface area contributed by atoms with E-state index in [1.807, 2.05) is 13.0 Å². The number of nitrogens with one attached hydrogen (secondary N) is 3. The minimum absolute atomic E-state index is 0.399. The minimum atomic E-state index is -0.494. The topological polar surface area (TPSA) is 120 Å². The van der Waals surface area contributed by atoms with E-state index < -0.39 is 5.76 Å². The molecule has 0 aliphatic heterocycles. The number of rotatable bonds is 4. The van der Waals surface area contributed by atoms with Crippen molar-refractivity contribution < 1.29 is 4.42 Å². The van der Waals surface area contributed by atoms with Gasteiger partial charge in [-0.05, 0) is 43.3 Å². The molecule has 8 heteroatoms. The van der Waals surface area contributed by atoms with Crippen LogP contribution in [0, 0.1) is 18.3 Å². The van der Waals surface area contributed by atoms with Gasteiger partial charge in [0, 0.05) is 23.1 Å². The molecule has 132 valence electrons. The lowest BCUT2D eigenvalue weighted by Crippen LogP contribution is -2.03. The maximum absolute atomic E-state index is 11.3. The summed E-state index contributed by atoms with van der Waals surface area (Å²) >= 11 is 0. The van der Waals surface area contributed by atoms with Gasteiger partial charge in [-0.3, -0.25) is 4.98 Å². The number of benzene rings is 2. The molecule has 2 heterocycles. The molecule has 27 heavy (non-hydrogen) atoms. The van der Waals surface area contributed by atoms with Crippen LogP contribution in [0.15, 0.2) is 57.9 Å². The van der Waals surface area contributed by atoms with Gasteiger partial charge in [0.25, 0.3) is 0 Å². The van der Waals surface area contributed by atoms with Gasteiger partial charge < -0.3 is 15.1 Å². The lowest BCUT2D eigenvalue weighted by Gasteiger charge is -2.11. The number of hydrogen-bond acceptors (Lipinski definition) is 7. The molecule has 0 atom stereocenters. The zero-order valence-electron chi connectivity index (χ0n) is 14.3. The second-order valence-corrected chi connectivity index (χ2v) is 5.89. The van der Waals surface area contributed by atoms with Crippen molar-refractivity contribution in [3.8, 4) is 6.07 Å². The van der Waals surface area contributed by atoms with Crippen molar-refractivity contribution in [2.75, 3.05) is 10.6 Å². The SMILES string of the molecule is Cc1cnc(Nc2cccc(C#N)c2)nc1Nc1ccc2oc(=O)[nH]c2c1. The van der Waals surface area contributed by atoms with Crippen molar-refractivity contribution in [3.63, 3.8) is 0 Å². The van der Waals surface area contributed by atoms with E-state index in [4.69, 9.17) is 9.68 Å². The van der Waals surface area contributed by atoms with Gasteiger partial charge in [0.15, 0.2) is 5.58 Å². The molecule has 0 unspecified atom stereocenters. The van der Waals surface area contributed by atoms with E-state index in [1.54, 1.807) is 42.6 Å². The fourth-order valence-corrected chi connectivity index (χ4v) is 2.59. The Balaban J connectivity index is 1.61. The Bertz CT molecular complexity index is 1230. The van der Waals surface area contributed by atoms with Gasteiger partial charge in [0.05, 0.1) is 17.1 Å². The van der Waals surface area contributed by atoms with Crippen LogP contribution in [0.4, 0.5) is 23.1 Å². The second kappa shape index (κ2) is 6.65. The lowest BCUT2D eigenvalue weighted by molar-refractivity contribution is 0.555. The van der Waals surface area contributed by atoms with E-state index in [0.717, 1.165) is 16.9 Å². The average Bonchev–Trinajstić information content (AvgIpc) is 3.04. The lowest BCUT2D eigenvalue weighted by atomic mass is 10.2. The highest BCUT2D eigenvalue weighted by Gasteiger charge is 2.07. The molecule has 0 spiro atoms. The molecule has 3 N–H and O–H groups in total. The van der Waals surface area contributed by atoms with E-state index in [1.165, 1.54) is 0 Å². The standard InChI is InChI=1S/C19H14N6O2/c1-11-10-21-18(23-13-4-2-3-12(7-13)9-20)25-17(11)22-14-5-6-16-15(8-14)24-19(26)27-16/h2-8,10H,1H3,(H,24,26)(H2,21,22,23,25). The molecule has 0 aliphatic rings. The summed E-state index contributed by atoms with van der Waals surface area (Å²) in [5, 5.41) is 15.3. The first-order valence-corrected chi connectivity index (χ1v) is 8.11. The summed E-state index contributed by atoms with van der Waals surface area (Å²) in [6.45, 7) is 1.89. The fourth-order valence-electron chi connectivity index (χ4n) is 2.59. The summed E-state index contributed by atoms with van der Waals surface area (Å²) in [6, 6.07) is 14.4. The fraction of sp³-hybridized carbons (Fsp3) is 0.0526. The predicted molar refractivity (Wildman–Crippen MR) is 101 cm³/mol. The first-order chi connectivity index (χ1) is 13.1. The van der Waals surface area contributed by atoms with Crippen LogP contribution in [0.1, 0.15) is 11.1 Å². The molecule has 0 aliphatic carbocycles. The van der Waals surface area contributed by atoms with Crippen molar-refractivity contribution in [1.29, 1.82) is 5.26 Å². The van der Waals surface area contributed by atoms with Gasteiger partial charge >= 0.3 is 5.76 Å². The molecule has 0 saturated heterocycles. The van der Waals surface area contributed by atoms with Crippen molar-refractivity contribution in [3.05, 3.63) is 70.3 Å².